The Morgan fingerprint density at radius 3 is 2.35 bits per heavy atom. The quantitative estimate of drug-likeness (QED) is 0.641. The van der Waals surface area contributed by atoms with E-state index in [2.05, 4.69) is 5.92 Å². The number of nitrogens with two attached hydrogens (primary N) is 1. The lowest BCUT2D eigenvalue weighted by Crippen LogP contribution is -1.97. The van der Waals surface area contributed by atoms with E-state index in [4.69, 9.17) is 16.9 Å². The highest BCUT2D eigenvalue weighted by molar-refractivity contribution is 5.80. The molecule has 0 spiro atoms. The van der Waals surface area contributed by atoms with Crippen LogP contribution in [0.1, 0.15) is 0 Å². The van der Waals surface area contributed by atoms with Gasteiger partial charge in [-0.1, -0.05) is 42.3 Å². The fraction of sp³-hybridized carbons (Fsp3) is 0.0667. The van der Waals surface area contributed by atoms with Gasteiger partial charge in [0.05, 0.1) is 0 Å². The van der Waals surface area contributed by atoms with Crippen LogP contribution in [0.2, 0.25) is 0 Å². The van der Waals surface area contributed by atoms with Crippen molar-refractivity contribution in [2.24, 2.45) is 0 Å². The number of anilines is 1. The first kappa shape index (κ1) is 11.1. The molecule has 0 fully saturated rings. The normalized spacial score (nSPS) is 9.59. The van der Waals surface area contributed by atoms with Crippen LogP contribution in [0.15, 0.2) is 48.5 Å². The van der Waals surface area contributed by atoms with Crippen molar-refractivity contribution in [1.29, 1.82) is 0 Å². The van der Waals surface area contributed by atoms with Gasteiger partial charge in [0.1, 0.15) is 12.4 Å². The fourth-order valence-electron chi connectivity index (χ4n) is 1.68. The largest absolute Gasteiger partial charge is 0.480 e. The standard InChI is InChI=1S/C15H13NO/c1-2-11-17-15-10-6-4-8-13(15)12-7-3-5-9-14(12)16/h1,3-10H,11,16H2. The van der Waals surface area contributed by atoms with Crippen LogP contribution in [-0.4, -0.2) is 6.61 Å². The third-order valence-electron chi connectivity index (χ3n) is 2.45. The topological polar surface area (TPSA) is 35.2 Å². The maximum atomic E-state index is 5.95. The summed E-state index contributed by atoms with van der Waals surface area (Å²) in [4.78, 5) is 0. The van der Waals surface area contributed by atoms with E-state index in [1.807, 2.05) is 48.5 Å². The molecular weight excluding hydrogens is 210 g/mol. The predicted molar refractivity (Wildman–Crippen MR) is 70.6 cm³/mol. The first-order valence-electron chi connectivity index (χ1n) is 5.33. The van der Waals surface area contributed by atoms with Crippen LogP contribution in [0.25, 0.3) is 11.1 Å². The Balaban J connectivity index is 2.45. The Bertz CT molecular complexity index is 555. The molecule has 84 valence electrons. The van der Waals surface area contributed by atoms with Crippen LogP contribution in [0, 0.1) is 12.3 Å². The highest BCUT2D eigenvalue weighted by Crippen LogP contribution is 2.33. The monoisotopic (exact) mass is 223 g/mol. The minimum absolute atomic E-state index is 0.254. The van der Waals surface area contributed by atoms with Crippen LogP contribution in [0.4, 0.5) is 5.69 Å². The van der Waals surface area contributed by atoms with E-state index in [1.165, 1.54) is 0 Å². The van der Waals surface area contributed by atoms with E-state index >= 15 is 0 Å². The van der Waals surface area contributed by atoms with Gasteiger partial charge in [0.2, 0.25) is 0 Å². The van der Waals surface area contributed by atoms with Crippen molar-refractivity contribution in [3.8, 4) is 29.2 Å². The van der Waals surface area contributed by atoms with Crippen LogP contribution in [0.3, 0.4) is 0 Å². The molecule has 0 atom stereocenters. The van der Waals surface area contributed by atoms with Gasteiger partial charge < -0.3 is 10.5 Å². The highest BCUT2D eigenvalue weighted by atomic mass is 16.5. The summed E-state index contributed by atoms with van der Waals surface area (Å²) in [6.45, 7) is 0.254. The van der Waals surface area contributed by atoms with Crippen molar-refractivity contribution in [3.63, 3.8) is 0 Å². The van der Waals surface area contributed by atoms with Gasteiger partial charge in [-0.25, -0.2) is 0 Å². The molecule has 0 amide bonds. The molecule has 17 heavy (non-hydrogen) atoms. The molecule has 2 N–H and O–H groups in total. The first-order chi connectivity index (χ1) is 8.33. The lowest BCUT2D eigenvalue weighted by Gasteiger charge is -2.11. The summed E-state index contributed by atoms with van der Waals surface area (Å²) in [7, 11) is 0. The van der Waals surface area contributed by atoms with Gasteiger partial charge in [-0.05, 0) is 12.1 Å². The van der Waals surface area contributed by atoms with E-state index < -0.39 is 0 Å². The molecule has 0 bridgehead atoms. The molecule has 2 heteroatoms. The SMILES string of the molecule is C#CCOc1ccccc1-c1ccccc1N. The van der Waals surface area contributed by atoms with Crippen LogP contribution in [0.5, 0.6) is 5.75 Å². The molecule has 0 aromatic heterocycles. The molecule has 0 saturated carbocycles. The van der Waals surface area contributed by atoms with Gasteiger partial charge >= 0.3 is 0 Å². The Labute approximate surface area is 101 Å². The van der Waals surface area contributed by atoms with Crippen molar-refractivity contribution in [3.05, 3.63) is 48.5 Å². The van der Waals surface area contributed by atoms with Gasteiger partial charge in [0, 0.05) is 16.8 Å². The molecular formula is C15H13NO. The Kier molecular flexibility index (Phi) is 3.32. The van der Waals surface area contributed by atoms with Gasteiger partial charge in [0.25, 0.3) is 0 Å². The minimum atomic E-state index is 0.254. The van der Waals surface area contributed by atoms with Crippen molar-refractivity contribution in [1.82, 2.24) is 0 Å². The summed E-state index contributed by atoms with van der Waals surface area (Å²) in [5.41, 5.74) is 8.60. The number of nitrogen functional groups attached to an aromatic ring is 1. The number of hydrogen-bond acceptors (Lipinski definition) is 2. The van der Waals surface area contributed by atoms with Crippen molar-refractivity contribution in [2.45, 2.75) is 0 Å². The minimum Gasteiger partial charge on any atom is -0.480 e. The maximum Gasteiger partial charge on any atom is 0.148 e. The van der Waals surface area contributed by atoms with Gasteiger partial charge in [-0.15, -0.1) is 6.42 Å². The number of benzene rings is 2. The van der Waals surface area contributed by atoms with Crippen molar-refractivity contribution in [2.75, 3.05) is 12.3 Å². The van der Waals surface area contributed by atoms with E-state index in [1.54, 1.807) is 0 Å². The zero-order chi connectivity index (χ0) is 12.1. The highest BCUT2D eigenvalue weighted by Gasteiger charge is 2.07. The first-order valence-corrected chi connectivity index (χ1v) is 5.33. The molecule has 0 aliphatic rings. The van der Waals surface area contributed by atoms with Crippen molar-refractivity contribution >= 4 is 5.69 Å². The second-order valence-electron chi connectivity index (χ2n) is 3.58. The summed E-state index contributed by atoms with van der Waals surface area (Å²) < 4.78 is 5.50. The molecule has 2 nitrogen and oxygen atoms in total. The van der Waals surface area contributed by atoms with Crippen LogP contribution >= 0.6 is 0 Å². The molecule has 2 rings (SSSR count). The molecule has 0 heterocycles. The molecule has 0 saturated heterocycles. The average molecular weight is 223 g/mol. The van der Waals surface area contributed by atoms with Crippen molar-refractivity contribution < 1.29 is 4.74 Å². The van der Waals surface area contributed by atoms with Gasteiger partial charge in [-0.3, -0.25) is 0 Å². The molecule has 0 radical (unpaired) electrons. The Hall–Kier alpha value is -2.40. The molecule has 0 aliphatic carbocycles. The van der Waals surface area contributed by atoms with E-state index in [-0.39, 0.29) is 6.61 Å². The smallest absolute Gasteiger partial charge is 0.148 e. The zero-order valence-corrected chi connectivity index (χ0v) is 9.39. The second-order valence-corrected chi connectivity index (χ2v) is 3.58. The molecule has 2 aromatic carbocycles. The zero-order valence-electron chi connectivity index (χ0n) is 9.39. The fourth-order valence-corrected chi connectivity index (χ4v) is 1.68. The van der Waals surface area contributed by atoms with Gasteiger partial charge in [0.15, 0.2) is 0 Å². The Morgan fingerprint density at radius 2 is 1.65 bits per heavy atom. The van der Waals surface area contributed by atoms with E-state index in [0.717, 1.165) is 22.6 Å². The summed E-state index contributed by atoms with van der Waals surface area (Å²) in [6.07, 6.45) is 5.20. The summed E-state index contributed by atoms with van der Waals surface area (Å²) >= 11 is 0. The van der Waals surface area contributed by atoms with Gasteiger partial charge in [-0.2, -0.15) is 0 Å². The number of rotatable bonds is 3. The average Bonchev–Trinajstić information content (AvgIpc) is 2.37. The summed E-state index contributed by atoms with van der Waals surface area (Å²) in [5, 5.41) is 0. The number of ether oxygens (including phenoxy) is 1. The van der Waals surface area contributed by atoms with E-state index in [9.17, 15) is 0 Å². The second kappa shape index (κ2) is 5.09. The maximum absolute atomic E-state index is 5.95. The Morgan fingerprint density at radius 1 is 1.00 bits per heavy atom. The predicted octanol–water partition coefficient (Wildman–Crippen LogP) is 2.95. The number of hydrogen-bond donors (Lipinski definition) is 1. The lowest BCUT2D eigenvalue weighted by atomic mass is 10.0. The molecule has 2 aromatic rings. The number of terminal acetylenes is 1. The number of para-hydroxylation sites is 2. The summed E-state index contributed by atoms with van der Waals surface area (Å²) in [6, 6.07) is 15.4. The lowest BCUT2D eigenvalue weighted by molar-refractivity contribution is 0.372. The van der Waals surface area contributed by atoms with E-state index in [0.29, 0.717) is 0 Å². The third kappa shape index (κ3) is 2.40. The van der Waals surface area contributed by atoms with Crippen LogP contribution in [-0.2, 0) is 0 Å². The summed E-state index contributed by atoms with van der Waals surface area (Å²) in [5.74, 6) is 3.21. The van der Waals surface area contributed by atoms with Crippen LogP contribution < -0.4 is 10.5 Å². The molecule has 0 unspecified atom stereocenters. The molecule has 0 aliphatic heterocycles. The third-order valence-corrected chi connectivity index (χ3v) is 2.45.